The molecule has 0 bridgehead atoms. The van der Waals surface area contributed by atoms with Crippen LogP contribution in [0.15, 0.2) is 54.6 Å². The summed E-state index contributed by atoms with van der Waals surface area (Å²) in [7, 11) is 0. The number of carbonyl (C=O) groups is 1. The number of nitrogens with one attached hydrogen (secondary N) is 2. The van der Waals surface area contributed by atoms with E-state index < -0.39 is 0 Å². The van der Waals surface area contributed by atoms with Crippen LogP contribution < -0.4 is 10.6 Å². The Hall–Kier alpha value is -2.61. The van der Waals surface area contributed by atoms with Crippen molar-refractivity contribution < 1.29 is 9.53 Å². The van der Waals surface area contributed by atoms with Crippen LogP contribution in [0.3, 0.4) is 0 Å². The topological polar surface area (TPSA) is 50.4 Å². The molecule has 1 saturated heterocycles. The van der Waals surface area contributed by atoms with Crippen molar-refractivity contribution in [1.29, 1.82) is 0 Å². The molecule has 0 spiro atoms. The molecule has 0 radical (unpaired) electrons. The van der Waals surface area contributed by atoms with Crippen LogP contribution in [0.25, 0.3) is 0 Å². The van der Waals surface area contributed by atoms with E-state index in [1.807, 2.05) is 18.2 Å². The summed E-state index contributed by atoms with van der Waals surface area (Å²) in [4.78, 5) is 12.4. The molecule has 4 heteroatoms. The monoisotopic (exact) mass is 432 g/mol. The van der Waals surface area contributed by atoms with Crippen molar-refractivity contribution >= 4 is 5.91 Å². The van der Waals surface area contributed by atoms with Gasteiger partial charge < -0.3 is 15.4 Å². The molecule has 2 aromatic rings. The Morgan fingerprint density at radius 2 is 1.88 bits per heavy atom. The molecule has 1 aliphatic heterocycles. The Morgan fingerprint density at radius 1 is 1.06 bits per heavy atom. The molecule has 0 aromatic heterocycles. The van der Waals surface area contributed by atoms with Gasteiger partial charge in [-0.1, -0.05) is 80.5 Å². The van der Waals surface area contributed by atoms with Gasteiger partial charge in [-0.15, -0.1) is 0 Å². The lowest BCUT2D eigenvalue weighted by Gasteiger charge is -2.12. The molecule has 32 heavy (non-hydrogen) atoms. The molecule has 1 aliphatic rings. The van der Waals surface area contributed by atoms with Gasteiger partial charge in [-0.05, 0) is 42.5 Å². The molecule has 170 valence electrons. The van der Waals surface area contributed by atoms with Gasteiger partial charge in [0.25, 0.3) is 0 Å². The number of amides is 1. The molecular formula is C28H36N2O2. The standard InChI is InChI=1S/C28H36N2O2/c1-2-3-4-5-6-8-13-24-14-16-25(17-15-24)22-32-26-20-27(30-21-26)28(31)29-19-18-23-11-9-7-10-12-23/h7,9-12,14-17,26-27,30H,2-6,18-22H2,1H3,(H,29,31)/t26-,27+/m1/s1. The highest BCUT2D eigenvalue weighted by molar-refractivity contribution is 5.82. The van der Waals surface area contributed by atoms with Gasteiger partial charge >= 0.3 is 0 Å². The van der Waals surface area contributed by atoms with Crippen molar-refractivity contribution in [3.8, 4) is 11.8 Å². The van der Waals surface area contributed by atoms with Gasteiger partial charge in [-0.2, -0.15) is 0 Å². The zero-order valence-corrected chi connectivity index (χ0v) is 19.2. The maximum absolute atomic E-state index is 12.4. The maximum Gasteiger partial charge on any atom is 0.237 e. The fraction of sp³-hybridized carbons (Fsp3) is 0.464. The summed E-state index contributed by atoms with van der Waals surface area (Å²) in [5.74, 6) is 6.57. The van der Waals surface area contributed by atoms with Crippen molar-refractivity contribution in [2.24, 2.45) is 0 Å². The number of carbonyl (C=O) groups excluding carboxylic acids is 1. The summed E-state index contributed by atoms with van der Waals surface area (Å²) in [6, 6.07) is 18.3. The van der Waals surface area contributed by atoms with E-state index in [2.05, 4.69) is 65.8 Å². The lowest BCUT2D eigenvalue weighted by atomic mass is 10.1. The highest BCUT2D eigenvalue weighted by atomic mass is 16.5. The Morgan fingerprint density at radius 3 is 2.66 bits per heavy atom. The summed E-state index contributed by atoms with van der Waals surface area (Å²) in [6.45, 7) is 4.14. The molecular weight excluding hydrogens is 396 g/mol. The number of ether oxygens (including phenoxy) is 1. The van der Waals surface area contributed by atoms with Gasteiger partial charge in [0, 0.05) is 25.1 Å². The average Bonchev–Trinajstić information content (AvgIpc) is 3.31. The van der Waals surface area contributed by atoms with Gasteiger partial charge in [0.1, 0.15) is 0 Å². The Bertz CT molecular complexity index is 868. The van der Waals surface area contributed by atoms with Crippen molar-refractivity contribution in [2.75, 3.05) is 13.1 Å². The number of hydrogen-bond acceptors (Lipinski definition) is 3. The van der Waals surface area contributed by atoms with Crippen LogP contribution in [0.5, 0.6) is 0 Å². The van der Waals surface area contributed by atoms with Gasteiger partial charge in [0.15, 0.2) is 0 Å². The number of benzene rings is 2. The second-order valence-corrected chi connectivity index (χ2v) is 8.47. The molecule has 1 fully saturated rings. The molecule has 1 amide bonds. The lowest BCUT2D eigenvalue weighted by molar-refractivity contribution is -0.123. The van der Waals surface area contributed by atoms with Crippen molar-refractivity contribution in [3.05, 3.63) is 71.3 Å². The first-order chi connectivity index (χ1) is 15.7. The van der Waals surface area contributed by atoms with Gasteiger partial charge in [0.2, 0.25) is 5.91 Å². The van der Waals surface area contributed by atoms with Crippen LogP contribution in [0.4, 0.5) is 0 Å². The summed E-state index contributed by atoms with van der Waals surface area (Å²) >= 11 is 0. The molecule has 1 heterocycles. The molecule has 3 rings (SSSR count). The summed E-state index contributed by atoms with van der Waals surface area (Å²) in [6.07, 6.45) is 7.60. The minimum absolute atomic E-state index is 0.0578. The van der Waals surface area contributed by atoms with E-state index in [0.29, 0.717) is 26.1 Å². The quantitative estimate of drug-likeness (QED) is 0.403. The number of hydrogen-bond donors (Lipinski definition) is 2. The maximum atomic E-state index is 12.4. The average molecular weight is 433 g/mol. The fourth-order valence-electron chi connectivity index (χ4n) is 3.83. The summed E-state index contributed by atoms with van der Waals surface area (Å²) < 4.78 is 6.04. The number of rotatable bonds is 11. The van der Waals surface area contributed by atoms with E-state index in [4.69, 9.17) is 4.74 Å². The molecule has 2 N–H and O–H groups in total. The zero-order valence-electron chi connectivity index (χ0n) is 19.2. The van der Waals surface area contributed by atoms with Gasteiger partial charge in [-0.3, -0.25) is 4.79 Å². The minimum Gasteiger partial charge on any atom is -0.372 e. The van der Waals surface area contributed by atoms with E-state index in [1.165, 1.54) is 31.2 Å². The molecule has 0 unspecified atom stereocenters. The largest absolute Gasteiger partial charge is 0.372 e. The van der Waals surface area contributed by atoms with Crippen LogP contribution in [-0.4, -0.2) is 31.1 Å². The third-order valence-corrected chi connectivity index (χ3v) is 5.79. The van der Waals surface area contributed by atoms with Crippen LogP contribution in [0.1, 0.15) is 62.1 Å². The van der Waals surface area contributed by atoms with E-state index in [0.717, 1.165) is 24.0 Å². The van der Waals surface area contributed by atoms with Crippen LogP contribution in [0, 0.1) is 11.8 Å². The summed E-state index contributed by atoms with van der Waals surface area (Å²) in [5.41, 5.74) is 3.42. The third-order valence-electron chi connectivity index (χ3n) is 5.79. The van der Waals surface area contributed by atoms with Gasteiger partial charge in [0.05, 0.1) is 18.8 Å². The fourth-order valence-corrected chi connectivity index (χ4v) is 3.83. The molecule has 0 aliphatic carbocycles. The third kappa shape index (κ3) is 8.49. The Labute approximate surface area is 193 Å². The smallest absolute Gasteiger partial charge is 0.237 e. The SMILES string of the molecule is CCCCCCC#Cc1ccc(CO[C@H]2CN[C@H](C(=O)NCCc3ccccc3)C2)cc1. The second kappa shape index (κ2) is 13.7. The first-order valence-corrected chi connectivity index (χ1v) is 12.0. The van der Waals surface area contributed by atoms with Gasteiger partial charge in [-0.25, -0.2) is 0 Å². The van der Waals surface area contributed by atoms with Crippen molar-refractivity contribution in [3.63, 3.8) is 0 Å². The Kier molecular flexibility index (Phi) is 10.3. The summed E-state index contributed by atoms with van der Waals surface area (Å²) in [5, 5.41) is 6.32. The molecule has 2 atom stereocenters. The van der Waals surface area contributed by atoms with Crippen LogP contribution in [0.2, 0.25) is 0 Å². The highest BCUT2D eigenvalue weighted by Crippen LogP contribution is 2.14. The van der Waals surface area contributed by atoms with E-state index in [9.17, 15) is 4.79 Å². The predicted octanol–water partition coefficient (Wildman–Crippen LogP) is 4.61. The Balaban J connectivity index is 1.32. The molecule has 0 saturated carbocycles. The van der Waals surface area contributed by atoms with E-state index in [1.54, 1.807) is 0 Å². The zero-order chi connectivity index (χ0) is 22.4. The lowest BCUT2D eigenvalue weighted by Crippen LogP contribution is -2.41. The highest BCUT2D eigenvalue weighted by Gasteiger charge is 2.29. The van der Waals surface area contributed by atoms with Crippen molar-refractivity contribution in [2.45, 2.75) is 70.6 Å². The normalized spacial score (nSPS) is 17.5. The first kappa shape index (κ1) is 24.0. The first-order valence-electron chi connectivity index (χ1n) is 12.0. The number of unbranched alkanes of at least 4 members (excludes halogenated alkanes) is 4. The van der Waals surface area contributed by atoms with Crippen molar-refractivity contribution in [1.82, 2.24) is 10.6 Å². The molecule has 4 nitrogen and oxygen atoms in total. The minimum atomic E-state index is -0.175. The van der Waals surface area contributed by atoms with Crippen LogP contribution in [-0.2, 0) is 22.6 Å². The van der Waals surface area contributed by atoms with E-state index >= 15 is 0 Å². The van der Waals surface area contributed by atoms with E-state index in [-0.39, 0.29) is 18.1 Å². The van der Waals surface area contributed by atoms with Crippen LogP contribution >= 0.6 is 0 Å². The molecule has 2 aromatic carbocycles. The predicted molar refractivity (Wildman–Crippen MR) is 130 cm³/mol. The second-order valence-electron chi connectivity index (χ2n) is 8.47.